The van der Waals surface area contributed by atoms with Gasteiger partial charge in [-0.15, -0.1) is 5.10 Å². The van der Waals surface area contributed by atoms with E-state index in [2.05, 4.69) is 40.8 Å². The highest BCUT2D eigenvalue weighted by molar-refractivity contribution is 5.75. The van der Waals surface area contributed by atoms with Crippen LogP contribution in [0.5, 0.6) is 0 Å². The van der Waals surface area contributed by atoms with Crippen LogP contribution in [0.15, 0.2) is 30.5 Å². The molecule has 0 N–H and O–H groups in total. The fraction of sp³-hybridized carbons (Fsp3) is 0.500. The summed E-state index contributed by atoms with van der Waals surface area (Å²) in [6.45, 7) is 3.02. The number of carbonyl (C=O) groups excluding carboxylic acids is 1. The predicted molar refractivity (Wildman–Crippen MR) is 88.6 cm³/mol. The van der Waals surface area contributed by atoms with Crippen molar-refractivity contribution >= 4 is 6.03 Å². The summed E-state index contributed by atoms with van der Waals surface area (Å²) in [5.74, 6) is 0.630. The summed E-state index contributed by atoms with van der Waals surface area (Å²) in [7, 11) is 0. The van der Waals surface area contributed by atoms with E-state index in [1.54, 1.807) is 0 Å². The molecule has 124 valence electrons. The minimum absolute atomic E-state index is 0.156. The maximum Gasteiger partial charge on any atom is 0.320 e. The molecule has 5 rings (SSSR count). The van der Waals surface area contributed by atoms with Crippen LogP contribution in [0.4, 0.5) is 4.79 Å². The molecule has 6 heteroatoms. The topological polar surface area (TPSA) is 54.3 Å². The molecule has 0 radical (unpaired) electrons. The molecule has 1 aliphatic carbocycles. The Bertz CT molecular complexity index is 775. The Balaban J connectivity index is 1.20. The SMILES string of the molecule is O=C(N1CCc2ccccc2C1)N1CC(n2cc(C3CC3)nn2)C1. The standard InChI is InChI=1S/C18H21N5O/c24-18(21-8-7-13-3-1-2-4-15(13)9-21)22-10-16(11-22)23-12-17(19-20-23)14-5-6-14/h1-4,12,14,16H,5-11H2. The molecular formula is C18H21N5O. The number of benzene rings is 1. The van der Waals surface area contributed by atoms with Crippen LogP contribution in [0.1, 0.15) is 41.6 Å². The number of likely N-dealkylation sites (tertiary alicyclic amines) is 1. The van der Waals surface area contributed by atoms with E-state index in [9.17, 15) is 4.79 Å². The molecule has 3 aliphatic rings. The van der Waals surface area contributed by atoms with Crippen LogP contribution in [0, 0.1) is 0 Å². The van der Waals surface area contributed by atoms with Crippen LogP contribution < -0.4 is 0 Å². The fourth-order valence-electron chi connectivity index (χ4n) is 3.67. The van der Waals surface area contributed by atoms with Crippen molar-refractivity contribution in [3.63, 3.8) is 0 Å². The number of nitrogens with zero attached hydrogens (tertiary/aromatic N) is 5. The smallest absolute Gasteiger partial charge is 0.320 e. The van der Waals surface area contributed by atoms with Crippen LogP contribution in [0.2, 0.25) is 0 Å². The normalized spacial score (nSPS) is 20.7. The average molecular weight is 323 g/mol. The van der Waals surface area contributed by atoms with Gasteiger partial charge in [0.25, 0.3) is 0 Å². The Labute approximate surface area is 141 Å². The molecular weight excluding hydrogens is 302 g/mol. The fourth-order valence-corrected chi connectivity index (χ4v) is 3.67. The average Bonchev–Trinajstić information content (AvgIpc) is 3.32. The molecule has 1 aromatic carbocycles. The lowest BCUT2D eigenvalue weighted by atomic mass is 10.00. The van der Waals surface area contributed by atoms with E-state index >= 15 is 0 Å². The van der Waals surface area contributed by atoms with Crippen molar-refractivity contribution in [2.45, 2.75) is 37.8 Å². The molecule has 0 spiro atoms. The van der Waals surface area contributed by atoms with Crippen molar-refractivity contribution in [3.8, 4) is 0 Å². The van der Waals surface area contributed by atoms with E-state index in [4.69, 9.17) is 0 Å². The van der Waals surface area contributed by atoms with Gasteiger partial charge in [0.1, 0.15) is 0 Å². The van der Waals surface area contributed by atoms with Gasteiger partial charge in [-0.25, -0.2) is 9.48 Å². The lowest BCUT2D eigenvalue weighted by Crippen LogP contribution is -2.56. The van der Waals surface area contributed by atoms with Gasteiger partial charge in [-0.2, -0.15) is 0 Å². The summed E-state index contributed by atoms with van der Waals surface area (Å²) in [4.78, 5) is 16.6. The summed E-state index contributed by atoms with van der Waals surface area (Å²) in [6.07, 6.45) is 5.50. The summed E-state index contributed by atoms with van der Waals surface area (Å²) >= 11 is 0. The third-order valence-corrected chi connectivity index (χ3v) is 5.43. The second kappa shape index (κ2) is 5.33. The molecule has 1 aromatic heterocycles. The molecule has 0 bridgehead atoms. The summed E-state index contributed by atoms with van der Waals surface area (Å²) in [5, 5.41) is 8.52. The Morgan fingerprint density at radius 1 is 1.08 bits per heavy atom. The van der Waals surface area contributed by atoms with Gasteiger partial charge in [0.15, 0.2) is 0 Å². The van der Waals surface area contributed by atoms with Gasteiger partial charge >= 0.3 is 6.03 Å². The van der Waals surface area contributed by atoms with Crippen molar-refractivity contribution in [2.75, 3.05) is 19.6 Å². The molecule has 2 fully saturated rings. The number of hydrogen-bond donors (Lipinski definition) is 0. The highest BCUT2D eigenvalue weighted by Crippen LogP contribution is 2.39. The second-order valence-electron chi connectivity index (χ2n) is 7.18. The van der Waals surface area contributed by atoms with E-state index in [1.807, 2.05) is 14.5 Å². The molecule has 3 heterocycles. The Morgan fingerprint density at radius 2 is 1.88 bits per heavy atom. The van der Waals surface area contributed by atoms with Crippen molar-refractivity contribution in [1.82, 2.24) is 24.8 Å². The first kappa shape index (κ1) is 14.0. The zero-order valence-electron chi connectivity index (χ0n) is 13.6. The maximum atomic E-state index is 12.7. The highest BCUT2D eigenvalue weighted by atomic mass is 16.2. The Hall–Kier alpha value is -2.37. The van der Waals surface area contributed by atoms with Crippen LogP contribution in [-0.4, -0.2) is 50.5 Å². The van der Waals surface area contributed by atoms with Crippen molar-refractivity contribution in [3.05, 3.63) is 47.3 Å². The van der Waals surface area contributed by atoms with Gasteiger partial charge in [-0.1, -0.05) is 29.5 Å². The lowest BCUT2D eigenvalue weighted by molar-refractivity contribution is 0.0855. The minimum Gasteiger partial charge on any atom is -0.320 e. The summed E-state index contributed by atoms with van der Waals surface area (Å²) in [6, 6.07) is 8.86. The number of aromatic nitrogens is 3. The third-order valence-electron chi connectivity index (χ3n) is 5.43. The molecule has 6 nitrogen and oxygen atoms in total. The minimum atomic E-state index is 0.156. The molecule has 2 aromatic rings. The van der Waals surface area contributed by atoms with Gasteiger partial charge in [0.05, 0.1) is 11.7 Å². The highest BCUT2D eigenvalue weighted by Gasteiger charge is 2.36. The van der Waals surface area contributed by atoms with Crippen molar-refractivity contribution in [2.24, 2.45) is 0 Å². The monoisotopic (exact) mass is 323 g/mol. The van der Waals surface area contributed by atoms with Gasteiger partial charge < -0.3 is 9.80 Å². The first-order valence-electron chi connectivity index (χ1n) is 8.80. The second-order valence-corrected chi connectivity index (χ2v) is 7.18. The molecule has 2 aliphatic heterocycles. The van der Waals surface area contributed by atoms with Crippen LogP contribution in [0.3, 0.4) is 0 Å². The number of amides is 2. The van der Waals surface area contributed by atoms with E-state index in [0.29, 0.717) is 5.92 Å². The predicted octanol–water partition coefficient (Wildman–Crippen LogP) is 2.19. The molecule has 1 saturated heterocycles. The zero-order chi connectivity index (χ0) is 16.1. The zero-order valence-corrected chi connectivity index (χ0v) is 13.6. The van der Waals surface area contributed by atoms with Crippen molar-refractivity contribution in [1.29, 1.82) is 0 Å². The van der Waals surface area contributed by atoms with E-state index in [0.717, 1.165) is 38.3 Å². The summed E-state index contributed by atoms with van der Waals surface area (Å²) in [5.41, 5.74) is 3.77. The van der Waals surface area contributed by atoms with E-state index < -0.39 is 0 Å². The maximum absolute atomic E-state index is 12.7. The number of hydrogen-bond acceptors (Lipinski definition) is 3. The van der Waals surface area contributed by atoms with Crippen LogP contribution in [-0.2, 0) is 13.0 Å². The largest absolute Gasteiger partial charge is 0.320 e. The van der Waals surface area contributed by atoms with Crippen molar-refractivity contribution < 1.29 is 4.79 Å². The molecule has 2 amide bonds. The molecule has 0 atom stereocenters. The lowest BCUT2D eigenvalue weighted by Gasteiger charge is -2.42. The van der Waals surface area contributed by atoms with Crippen LogP contribution in [0.25, 0.3) is 0 Å². The van der Waals surface area contributed by atoms with E-state index in [1.165, 1.54) is 24.0 Å². The number of carbonyl (C=O) groups is 1. The summed E-state index contributed by atoms with van der Waals surface area (Å²) < 4.78 is 1.95. The number of fused-ring (bicyclic) bond motifs is 1. The number of rotatable bonds is 2. The van der Waals surface area contributed by atoms with Gasteiger partial charge in [0.2, 0.25) is 0 Å². The van der Waals surface area contributed by atoms with Gasteiger partial charge in [-0.3, -0.25) is 0 Å². The third kappa shape index (κ3) is 2.37. The molecule has 0 unspecified atom stereocenters. The molecule has 24 heavy (non-hydrogen) atoms. The van der Waals surface area contributed by atoms with Gasteiger partial charge in [0, 0.05) is 38.3 Å². The number of urea groups is 1. The quantitative estimate of drug-likeness (QED) is 0.851. The Kier molecular flexibility index (Phi) is 3.11. The van der Waals surface area contributed by atoms with Gasteiger partial charge in [-0.05, 0) is 30.4 Å². The first-order valence-corrected chi connectivity index (χ1v) is 8.80. The van der Waals surface area contributed by atoms with Crippen LogP contribution >= 0.6 is 0 Å². The van der Waals surface area contributed by atoms with E-state index in [-0.39, 0.29) is 12.1 Å². The Morgan fingerprint density at radius 3 is 2.67 bits per heavy atom. The molecule has 1 saturated carbocycles. The first-order chi connectivity index (χ1) is 11.8.